The van der Waals surface area contributed by atoms with Gasteiger partial charge in [-0.3, -0.25) is 15.0 Å². The van der Waals surface area contributed by atoms with Crippen LogP contribution in [-0.4, -0.2) is 123 Å². The Morgan fingerprint density at radius 3 is 2.61 bits per heavy atom. The molecule has 0 radical (unpaired) electrons. The number of nitrogens with one attached hydrogen (secondary N) is 1. The minimum absolute atomic E-state index is 0.00795. The Balaban J connectivity index is 1.01. The minimum Gasteiger partial charge on any atom is -0.462 e. The number of piperazine rings is 1. The number of esters is 1. The predicted molar refractivity (Wildman–Crippen MR) is 268 cm³/mol. The number of carbonyl (C=O) groups excluding carboxylic acids is 2. The highest BCUT2D eigenvalue weighted by Crippen LogP contribution is 2.38. The fourth-order valence-electron chi connectivity index (χ4n) is 10.8. The number of hydrogen-bond acceptors (Lipinski definition) is 14. The smallest absolute Gasteiger partial charge is 0.343 e. The van der Waals surface area contributed by atoms with E-state index in [-0.39, 0.29) is 67.0 Å². The number of anilines is 1. The van der Waals surface area contributed by atoms with Gasteiger partial charge < -0.3 is 43.5 Å². The molecule has 70 heavy (non-hydrogen) atoms. The molecule has 17 heteroatoms. The summed E-state index contributed by atoms with van der Waals surface area (Å²) >= 11 is 6.83. The van der Waals surface area contributed by atoms with Gasteiger partial charge >= 0.3 is 12.0 Å². The zero-order chi connectivity index (χ0) is 50.2. The summed E-state index contributed by atoms with van der Waals surface area (Å²) in [6, 6.07) is 9.80. The van der Waals surface area contributed by atoms with E-state index < -0.39 is 28.8 Å². The number of amides is 1. The van der Waals surface area contributed by atoms with Crippen LogP contribution < -0.4 is 25.6 Å². The van der Waals surface area contributed by atoms with Gasteiger partial charge in [-0.2, -0.15) is 15.2 Å². The van der Waals surface area contributed by atoms with Crippen molar-refractivity contribution in [3.63, 3.8) is 0 Å². The van der Waals surface area contributed by atoms with Gasteiger partial charge in [-0.25, -0.2) is 4.79 Å². The first-order chi connectivity index (χ1) is 33.5. The number of allylic oxidation sites excluding steroid dienone is 1. The van der Waals surface area contributed by atoms with E-state index in [2.05, 4.69) is 41.0 Å². The van der Waals surface area contributed by atoms with Gasteiger partial charge in [-0.05, 0) is 95.5 Å². The number of hydrogen-bond donors (Lipinski definition) is 2. The molecule has 1 amide bonds. The summed E-state index contributed by atoms with van der Waals surface area (Å²) in [6.07, 6.45) is 7.22. The Kier molecular flexibility index (Phi) is 14.6. The molecule has 3 atom stereocenters. The van der Waals surface area contributed by atoms with Crippen LogP contribution in [0, 0.1) is 16.7 Å². The molecular formula is C53H64ClN9O7. The lowest BCUT2D eigenvalue weighted by molar-refractivity contribution is -0.172. The van der Waals surface area contributed by atoms with Crippen LogP contribution in [-0.2, 0) is 50.8 Å². The summed E-state index contributed by atoms with van der Waals surface area (Å²) in [4.78, 5) is 59.2. The molecule has 5 aliphatic rings. The zero-order valence-electron chi connectivity index (χ0n) is 41.2. The molecule has 7 heterocycles. The van der Waals surface area contributed by atoms with Crippen molar-refractivity contribution in [3.05, 3.63) is 114 Å². The number of likely N-dealkylation sites (tertiary alicyclic amines) is 1. The number of ether oxygens (including phenoxy) is 3. The maximum Gasteiger partial charge on any atom is 0.343 e. The molecule has 370 valence electrons. The van der Waals surface area contributed by atoms with Crippen molar-refractivity contribution < 1.29 is 28.9 Å². The standard InChI is InChI=1S/C53H64ClN9O7/c1-9-33-15-13-17-41(54)45(33)43(11-3)60-22-19-36-42(28-60)57-51(69-30-35-16-14-21-59(35)8)58-47(36)61-23-24-62(34(26-61)18-20-55)48(64)32(5)29-70-52(6,7)39(10-2)37-27-63-44(46(37)56)25-40-38(49(63)65)31-68-50(66)53(40,67)12-4/h9,11,13,15,17,25,34-35,56,67H,3,5,10,12,14,16,18-19,21-24,26-31H2,1-2,4,6-8H3/b33-9-,39-37-,45-43-,56-46?/t34?,35?,53-/m0/s1. The number of halogens is 1. The average Bonchev–Trinajstić information content (AvgIpc) is 3.92. The minimum atomic E-state index is -1.98. The van der Waals surface area contributed by atoms with Crippen molar-refractivity contribution in [3.8, 4) is 12.1 Å². The van der Waals surface area contributed by atoms with Gasteiger partial charge in [0.15, 0.2) is 5.60 Å². The molecule has 2 unspecified atom stereocenters. The first kappa shape index (κ1) is 50.3. The number of likely N-dealkylation sites (N-methyl/N-ethyl adjacent to an activating group) is 1. The van der Waals surface area contributed by atoms with Gasteiger partial charge in [0.1, 0.15) is 19.0 Å². The van der Waals surface area contributed by atoms with E-state index in [1.807, 2.05) is 58.0 Å². The molecule has 0 bridgehead atoms. The number of aliphatic hydroxyl groups is 1. The van der Waals surface area contributed by atoms with E-state index in [0.29, 0.717) is 74.5 Å². The Hall–Kier alpha value is -6.12. The van der Waals surface area contributed by atoms with Crippen LogP contribution in [0.5, 0.6) is 6.01 Å². The third kappa shape index (κ3) is 9.20. The number of nitrogens with zero attached hydrogens (tertiary/aromatic N) is 8. The van der Waals surface area contributed by atoms with Crippen LogP contribution >= 0.6 is 11.6 Å². The summed E-state index contributed by atoms with van der Waals surface area (Å²) in [5.74, 6) is -0.396. The number of carbonyl (C=O) groups is 2. The second kappa shape index (κ2) is 20.3. The van der Waals surface area contributed by atoms with E-state index in [9.17, 15) is 30.2 Å². The van der Waals surface area contributed by atoms with Crippen LogP contribution in [0.1, 0.15) is 94.8 Å². The maximum atomic E-state index is 14.3. The topological polar surface area (TPSA) is 190 Å². The van der Waals surface area contributed by atoms with E-state index >= 15 is 0 Å². The average molecular weight is 975 g/mol. The monoisotopic (exact) mass is 973 g/mol. The SMILES string of the molecule is C=C/C(=c1/c(Cl)ccc/c1=C/C)N1CCc2c(nc(OCC3CCCN3C)nc2N2CCN(C(=O)C(=C)COC(C)(C)/C(CC)=C3/Cn4c(cc5c(c4=O)COC(=O)[C@]5(O)CC)C3=N)C(CC#N)C2)C1. The third-order valence-corrected chi connectivity index (χ3v) is 15.2. The van der Waals surface area contributed by atoms with Crippen LogP contribution in [0.2, 0.25) is 5.02 Å². The van der Waals surface area contributed by atoms with Crippen molar-refractivity contribution in [1.29, 1.82) is 10.7 Å². The Morgan fingerprint density at radius 1 is 1.14 bits per heavy atom. The number of aromatic nitrogens is 3. The van der Waals surface area contributed by atoms with Crippen LogP contribution in [0.25, 0.3) is 11.8 Å². The van der Waals surface area contributed by atoms with Gasteiger partial charge in [0.25, 0.3) is 11.5 Å². The molecule has 0 saturated carbocycles. The maximum absolute atomic E-state index is 14.3. The highest BCUT2D eigenvalue weighted by molar-refractivity contribution is 6.30. The molecule has 3 aromatic rings. The predicted octanol–water partition coefficient (Wildman–Crippen LogP) is 4.64. The molecule has 8 rings (SSSR count). The highest BCUT2D eigenvalue weighted by Gasteiger charge is 2.46. The number of rotatable bonds is 14. The summed E-state index contributed by atoms with van der Waals surface area (Å²) < 4.78 is 19.6. The molecule has 0 aliphatic carbocycles. The van der Waals surface area contributed by atoms with Crippen molar-refractivity contribution in [2.24, 2.45) is 0 Å². The number of fused-ring (bicyclic) bond motifs is 3. The van der Waals surface area contributed by atoms with Gasteiger partial charge in [-0.15, -0.1) is 0 Å². The molecule has 5 aliphatic heterocycles. The Morgan fingerprint density at radius 2 is 1.93 bits per heavy atom. The summed E-state index contributed by atoms with van der Waals surface area (Å²) in [6.45, 7) is 21.1. The molecular weight excluding hydrogens is 910 g/mol. The van der Waals surface area contributed by atoms with Gasteiger partial charge in [-0.1, -0.05) is 56.8 Å². The highest BCUT2D eigenvalue weighted by atomic mass is 35.5. The number of benzene rings is 1. The van der Waals surface area contributed by atoms with E-state index in [4.69, 9.17) is 35.8 Å². The normalized spacial score (nSPS) is 22.8. The molecule has 2 saturated heterocycles. The Labute approximate surface area is 414 Å². The van der Waals surface area contributed by atoms with Crippen LogP contribution in [0.3, 0.4) is 0 Å². The molecule has 16 nitrogen and oxygen atoms in total. The number of pyridine rings is 1. The Bertz CT molecular complexity index is 2920. The van der Waals surface area contributed by atoms with E-state index in [1.165, 1.54) is 4.57 Å². The third-order valence-electron chi connectivity index (χ3n) is 14.9. The van der Waals surface area contributed by atoms with E-state index in [0.717, 1.165) is 58.2 Å². The fraction of sp³-hybridized carbons (Fsp3) is 0.491. The van der Waals surface area contributed by atoms with Crippen molar-refractivity contribution in [2.45, 2.75) is 116 Å². The first-order valence-corrected chi connectivity index (χ1v) is 24.7. The van der Waals surface area contributed by atoms with Crippen LogP contribution in [0.15, 0.2) is 65.0 Å². The van der Waals surface area contributed by atoms with Crippen molar-refractivity contribution in [2.75, 3.05) is 57.9 Å². The molecule has 2 N–H and O–H groups in total. The summed E-state index contributed by atoms with van der Waals surface area (Å²) in [5.41, 5.74) is 1.67. The lowest BCUT2D eigenvalue weighted by Crippen LogP contribution is -2.56. The lowest BCUT2D eigenvalue weighted by atomic mass is 9.85. The van der Waals surface area contributed by atoms with Gasteiger partial charge in [0.05, 0.1) is 71.5 Å². The van der Waals surface area contributed by atoms with Crippen molar-refractivity contribution >= 4 is 46.8 Å². The lowest BCUT2D eigenvalue weighted by Gasteiger charge is -2.43. The first-order valence-electron chi connectivity index (χ1n) is 24.3. The summed E-state index contributed by atoms with van der Waals surface area (Å²) in [5, 5.41) is 33.1. The molecule has 0 spiro atoms. The largest absolute Gasteiger partial charge is 0.462 e. The second-order valence-corrected chi connectivity index (χ2v) is 19.7. The van der Waals surface area contributed by atoms with Gasteiger partial charge in [0.2, 0.25) is 0 Å². The quantitative estimate of drug-likeness (QED) is 0.168. The van der Waals surface area contributed by atoms with Gasteiger partial charge in [0, 0.05) is 65.4 Å². The molecule has 1 aromatic carbocycles. The molecule has 2 aromatic heterocycles. The second-order valence-electron chi connectivity index (χ2n) is 19.2. The van der Waals surface area contributed by atoms with E-state index in [1.54, 1.807) is 17.9 Å². The fourth-order valence-corrected chi connectivity index (χ4v) is 11.1. The molecule has 2 fully saturated rings. The number of nitriles is 1. The zero-order valence-corrected chi connectivity index (χ0v) is 42.0. The number of cyclic esters (lactones) is 1. The van der Waals surface area contributed by atoms with Crippen LogP contribution in [0.4, 0.5) is 5.82 Å². The van der Waals surface area contributed by atoms with Crippen molar-refractivity contribution in [1.82, 2.24) is 29.2 Å². The summed E-state index contributed by atoms with van der Waals surface area (Å²) in [7, 11) is 2.11.